The summed E-state index contributed by atoms with van der Waals surface area (Å²) in [6.45, 7) is 4.62. The number of hydrogen-bond donors (Lipinski definition) is 0. The number of rotatable bonds is 4. The van der Waals surface area contributed by atoms with Crippen LogP contribution in [0.2, 0.25) is 0 Å². The molecule has 11 rings (SSSR count). The van der Waals surface area contributed by atoms with Crippen molar-refractivity contribution in [3.8, 4) is 50.7 Å². The molecule has 0 amide bonds. The van der Waals surface area contributed by atoms with Crippen molar-refractivity contribution in [3.05, 3.63) is 175 Å². The summed E-state index contributed by atoms with van der Waals surface area (Å²) < 4.78 is 8.79. The molecule has 4 nitrogen and oxygen atoms in total. The summed E-state index contributed by atoms with van der Waals surface area (Å²) >= 11 is 0. The largest absolute Gasteiger partial charge is 0.456 e. The van der Waals surface area contributed by atoms with Crippen molar-refractivity contribution in [1.29, 1.82) is 0 Å². The third kappa shape index (κ3) is 4.49. The Balaban J connectivity index is 1.08. The number of nitrogens with zero attached hydrogens (tertiary/aromatic N) is 3. The molecule has 0 saturated carbocycles. The fraction of sp³-hybridized carbons (Fsp3) is 0.0612. The van der Waals surface area contributed by atoms with E-state index in [1.807, 2.05) is 24.3 Å². The summed E-state index contributed by atoms with van der Waals surface area (Å²) in [6, 6.07) is 58.1. The van der Waals surface area contributed by atoms with Crippen molar-refractivity contribution in [1.82, 2.24) is 14.5 Å². The molecule has 10 aromatic rings. The Bertz CT molecular complexity index is 3020. The molecule has 4 heteroatoms. The molecule has 0 fully saturated rings. The average Bonchev–Trinajstić information content (AvgIpc) is 3.82. The second kappa shape index (κ2) is 11.1. The van der Waals surface area contributed by atoms with Crippen LogP contribution in [0.5, 0.6) is 0 Å². The van der Waals surface area contributed by atoms with Gasteiger partial charge < -0.3 is 4.42 Å². The topological polar surface area (TPSA) is 43.9 Å². The van der Waals surface area contributed by atoms with E-state index in [-0.39, 0.29) is 5.41 Å². The van der Waals surface area contributed by atoms with Crippen LogP contribution in [-0.2, 0) is 5.41 Å². The molecule has 3 aromatic heterocycles. The predicted molar refractivity (Wildman–Crippen MR) is 218 cm³/mol. The predicted octanol–water partition coefficient (Wildman–Crippen LogP) is 12.8. The quantitative estimate of drug-likeness (QED) is 0.186. The third-order valence-electron chi connectivity index (χ3n) is 11.2. The Kier molecular flexibility index (Phi) is 6.27. The van der Waals surface area contributed by atoms with Crippen LogP contribution >= 0.6 is 0 Å². The number of para-hydroxylation sites is 1. The van der Waals surface area contributed by atoms with Crippen molar-refractivity contribution >= 4 is 43.7 Å². The van der Waals surface area contributed by atoms with Gasteiger partial charge in [0.2, 0.25) is 0 Å². The standard InChI is InChI=1S/C49H33N3O/c1-49(2)40-19-11-9-17-34(40)36-27-39-38-26-33(22-24-45(38)53-46(39)28-41(36)49)32-21-23-44-37(25-32)35-18-10-12-20-43(35)52(44)47-29-42(30-13-5-3-6-14-30)50-48(51-47)31-15-7-4-8-16-31/h3-29H,1-2H3. The molecule has 0 saturated heterocycles. The fourth-order valence-corrected chi connectivity index (χ4v) is 8.57. The van der Waals surface area contributed by atoms with Crippen LogP contribution in [0.1, 0.15) is 25.0 Å². The number of fused-ring (bicyclic) bond motifs is 9. The molecule has 0 bridgehead atoms. The zero-order chi connectivity index (χ0) is 35.3. The van der Waals surface area contributed by atoms with Gasteiger partial charge in [-0.25, -0.2) is 9.97 Å². The summed E-state index contributed by atoms with van der Waals surface area (Å²) in [6.07, 6.45) is 0. The fourth-order valence-electron chi connectivity index (χ4n) is 8.57. The Hall–Kier alpha value is -6.78. The Morgan fingerprint density at radius 3 is 1.94 bits per heavy atom. The maximum absolute atomic E-state index is 6.51. The molecule has 0 radical (unpaired) electrons. The molecule has 53 heavy (non-hydrogen) atoms. The second-order valence-electron chi connectivity index (χ2n) is 14.6. The maximum Gasteiger partial charge on any atom is 0.162 e. The first-order valence-electron chi connectivity index (χ1n) is 18.2. The second-order valence-corrected chi connectivity index (χ2v) is 14.6. The molecule has 0 atom stereocenters. The highest BCUT2D eigenvalue weighted by Crippen LogP contribution is 2.51. The minimum Gasteiger partial charge on any atom is -0.456 e. The lowest BCUT2D eigenvalue weighted by Gasteiger charge is -2.21. The van der Waals surface area contributed by atoms with Gasteiger partial charge in [0.05, 0.1) is 16.7 Å². The van der Waals surface area contributed by atoms with Crippen LogP contribution in [0.15, 0.2) is 168 Å². The molecular formula is C49H33N3O. The summed E-state index contributed by atoms with van der Waals surface area (Å²) in [5.74, 6) is 1.53. The monoisotopic (exact) mass is 679 g/mol. The molecule has 7 aromatic carbocycles. The van der Waals surface area contributed by atoms with E-state index in [0.717, 1.165) is 66.7 Å². The molecule has 1 aliphatic carbocycles. The van der Waals surface area contributed by atoms with Crippen LogP contribution in [0, 0.1) is 0 Å². The maximum atomic E-state index is 6.51. The molecule has 0 aliphatic heterocycles. The molecular weight excluding hydrogens is 647 g/mol. The van der Waals surface area contributed by atoms with Crippen molar-refractivity contribution in [2.45, 2.75) is 19.3 Å². The zero-order valence-electron chi connectivity index (χ0n) is 29.3. The summed E-state index contributed by atoms with van der Waals surface area (Å²) in [7, 11) is 0. The highest BCUT2D eigenvalue weighted by atomic mass is 16.3. The van der Waals surface area contributed by atoms with Crippen molar-refractivity contribution in [2.24, 2.45) is 0 Å². The van der Waals surface area contributed by atoms with Gasteiger partial charge in [0, 0.05) is 44.2 Å². The smallest absolute Gasteiger partial charge is 0.162 e. The molecule has 0 N–H and O–H groups in total. The number of hydrogen-bond acceptors (Lipinski definition) is 3. The van der Waals surface area contributed by atoms with Crippen molar-refractivity contribution in [3.63, 3.8) is 0 Å². The van der Waals surface area contributed by atoms with Gasteiger partial charge in [0.25, 0.3) is 0 Å². The third-order valence-corrected chi connectivity index (χ3v) is 11.2. The summed E-state index contributed by atoms with van der Waals surface area (Å²) in [5, 5.41) is 4.64. The van der Waals surface area contributed by atoms with Crippen LogP contribution in [-0.4, -0.2) is 14.5 Å². The van der Waals surface area contributed by atoms with E-state index in [0.29, 0.717) is 5.82 Å². The van der Waals surface area contributed by atoms with Crippen LogP contribution in [0.25, 0.3) is 94.5 Å². The van der Waals surface area contributed by atoms with Gasteiger partial charge >= 0.3 is 0 Å². The van der Waals surface area contributed by atoms with Crippen molar-refractivity contribution in [2.75, 3.05) is 0 Å². The van der Waals surface area contributed by atoms with Gasteiger partial charge in [0.15, 0.2) is 5.82 Å². The number of furan rings is 1. The van der Waals surface area contributed by atoms with E-state index in [2.05, 4.69) is 158 Å². The van der Waals surface area contributed by atoms with Gasteiger partial charge in [-0.2, -0.15) is 0 Å². The first-order valence-corrected chi connectivity index (χ1v) is 18.2. The lowest BCUT2D eigenvalue weighted by Crippen LogP contribution is -2.14. The Labute approximate surface area is 306 Å². The first kappa shape index (κ1) is 29.9. The van der Waals surface area contributed by atoms with E-state index < -0.39 is 0 Å². The summed E-state index contributed by atoms with van der Waals surface area (Å²) in [5.41, 5.74) is 14.5. The highest BCUT2D eigenvalue weighted by molar-refractivity contribution is 6.12. The van der Waals surface area contributed by atoms with Crippen LogP contribution in [0.4, 0.5) is 0 Å². The van der Waals surface area contributed by atoms with Gasteiger partial charge in [-0.1, -0.05) is 129 Å². The van der Waals surface area contributed by atoms with Crippen LogP contribution < -0.4 is 0 Å². The molecule has 0 unspecified atom stereocenters. The first-order chi connectivity index (χ1) is 26.0. The minimum atomic E-state index is -0.0726. The van der Waals surface area contributed by atoms with E-state index in [1.165, 1.54) is 33.0 Å². The number of aromatic nitrogens is 3. The molecule has 0 spiro atoms. The van der Waals surface area contributed by atoms with Gasteiger partial charge in [-0.15, -0.1) is 0 Å². The molecule has 250 valence electrons. The minimum absolute atomic E-state index is 0.0726. The van der Waals surface area contributed by atoms with E-state index in [4.69, 9.17) is 14.4 Å². The highest BCUT2D eigenvalue weighted by Gasteiger charge is 2.36. The zero-order valence-corrected chi connectivity index (χ0v) is 29.3. The molecule has 3 heterocycles. The van der Waals surface area contributed by atoms with E-state index in [1.54, 1.807) is 0 Å². The van der Waals surface area contributed by atoms with Crippen molar-refractivity contribution < 1.29 is 4.42 Å². The lowest BCUT2D eigenvalue weighted by atomic mass is 9.82. The van der Waals surface area contributed by atoms with Crippen LogP contribution in [0.3, 0.4) is 0 Å². The van der Waals surface area contributed by atoms with E-state index in [9.17, 15) is 0 Å². The van der Waals surface area contributed by atoms with Gasteiger partial charge in [-0.3, -0.25) is 4.57 Å². The van der Waals surface area contributed by atoms with Gasteiger partial charge in [0.1, 0.15) is 17.0 Å². The Morgan fingerprint density at radius 1 is 0.453 bits per heavy atom. The summed E-state index contributed by atoms with van der Waals surface area (Å²) in [4.78, 5) is 10.2. The molecule has 1 aliphatic rings. The Morgan fingerprint density at radius 2 is 1.11 bits per heavy atom. The normalized spacial score (nSPS) is 13.2. The number of benzene rings is 7. The van der Waals surface area contributed by atoms with E-state index >= 15 is 0 Å². The average molecular weight is 680 g/mol. The lowest BCUT2D eigenvalue weighted by molar-refractivity contribution is 0.647. The SMILES string of the molecule is CC1(C)c2ccccc2-c2cc3c(cc21)oc1ccc(-c2ccc4c(c2)c2ccccc2n4-c2cc(-c4ccccc4)nc(-c4ccccc4)n2)cc13. The van der Waals surface area contributed by atoms with Gasteiger partial charge in [-0.05, 0) is 75.8 Å².